The van der Waals surface area contributed by atoms with Gasteiger partial charge in [0.2, 0.25) is 0 Å². The summed E-state index contributed by atoms with van der Waals surface area (Å²) >= 11 is 0. The Morgan fingerprint density at radius 3 is 2.26 bits per heavy atom. The number of para-hydroxylation sites is 1. The van der Waals surface area contributed by atoms with Gasteiger partial charge in [-0.3, -0.25) is 14.3 Å². The summed E-state index contributed by atoms with van der Waals surface area (Å²) in [7, 11) is -3.94. The molecule has 0 fully saturated rings. The van der Waals surface area contributed by atoms with E-state index in [9.17, 15) is 18.0 Å². The Bertz CT molecular complexity index is 1330. The lowest BCUT2D eigenvalue weighted by Gasteiger charge is -2.15. The van der Waals surface area contributed by atoms with Crippen LogP contribution < -0.4 is 15.4 Å². The molecule has 0 bridgehead atoms. The third kappa shape index (κ3) is 5.63. The van der Waals surface area contributed by atoms with Gasteiger partial charge in [0, 0.05) is 12.1 Å². The van der Waals surface area contributed by atoms with Crippen molar-refractivity contribution in [1.29, 1.82) is 0 Å². The molecule has 3 aromatic rings. The van der Waals surface area contributed by atoms with Crippen LogP contribution in [0, 0.1) is 20.8 Å². The van der Waals surface area contributed by atoms with E-state index in [0.717, 1.165) is 17.5 Å². The van der Waals surface area contributed by atoms with Gasteiger partial charge in [-0.15, -0.1) is 0 Å². The molecule has 2 amide bonds. The monoisotopic (exact) mass is 479 g/mol. The molecule has 3 rings (SSSR count). The minimum absolute atomic E-state index is 0.00929. The van der Waals surface area contributed by atoms with Crippen molar-refractivity contribution in [1.82, 2.24) is 5.32 Å². The summed E-state index contributed by atoms with van der Waals surface area (Å²) in [6.45, 7) is 7.90. The number of nitrogens with one attached hydrogen (secondary N) is 3. The fourth-order valence-electron chi connectivity index (χ4n) is 3.41. The van der Waals surface area contributed by atoms with Gasteiger partial charge in [-0.2, -0.15) is 0 Å². The zero-order valence-electron chi connectivity index (χ0n) is 19.7. The second-order valence-electron chi connectivity index (χ2n) is 8.09. The molecular formula is C26H29N3O4S. The number of aryl methyl sites for hydroxylation is 2. The van der Waals surface area contributed by atoms with Crippen LogP contribution in [-0.4, -0.2) is 26.8 Å². The minimum Gasteiger partial charge on any atom is -0.352 e. The first-order valence-corrected chi connectivity index (χ1v) is 12.5. The summed E-state index contributed by atoms with van der Waals surface area (Å²) in [6.07, 6.45) is 0.789. The molecule has 0 atom stereocenters. The van der Waals surface area contributed by atoms with Gasteiger partial charge in [-0.05, 0) is 74.2 Å². The van der Waals surface area contributed by atoms with E-state index in [4.69, 9.17) is 0 Å². The van der Waals surface area contributed by atoms with Crippen molar-refractivity contribution in [3.63, 3.8) is 0 Å². The van der Waals surface area contributed by atoms with Crippen LogP contribution in [0.25, 0.3) is 0 Å². The Morgan fingerprint density at radius 1 is 0.824 bits per heavy atom. The van der Waals surface area contributed by atoms with Crippen LogP contribution in [0.5, 0.6) is 0 Å². The van der Waals surface area contributed by atoms with Crippen LogP contribution in [0.4, 0.5) is 11.4 Å². The van der Waals surface area contributed by atoms with E-state index in [0.29, 0.717) is 29.0 Å². The van der Waals surface area contributed by atoms with Crippen LogP contribution in [0.1, 0.15) is 50.8 Å². The van der Waals surface area contributed by atoms with E-state index in [1.54, 1.807) is 55.5 Å². The van der Waals surface area contributed by atoms with Gasteiger partial charge in [0.05, 0.1) is 21.8 Å². The summed E-state index contributed by atoms with van der Waals surface area (Å²) < 4.78 is 29.0. The highest BCUT2D eigenvalue weighted by molar-refractivity contribution is 7.92. The molecule has 3 aromatic carbocycles. The van der Waals surface area contributed by atoms with Crippen molar-refractivity contribution in [2.75, 3.05) is 16.6 Å². The zero-order valence-corrected chi connectivity index (χ0v) is 20.5. The Balaban J connectivity index is 1.89. The number of carbonyl (C=O) groups is 2. The Morgan fingerprint density at radius 2 is 1.53 bits per heavy atom. The fraction of sp³-hybridized carbons (Fsp3) is 0.231. The second kappa shape index (κ2) is 10.5. The first kappa shape index (κ1) is 25.0. The van der Waals surface area contributed by atoms with Gasteiger partial charge >= 0.3 is 0 Å². The zero-order chi connectivity index (χ0) is 24.9. The number of sulfonamides is 1. The number of rotatable bonds is 8. The molecule has 0 heterocycles. The Hall–Kier alpha value is -3.65. The molecule has 34 heavy (non-hydrogen) atoms. The normalized spacial score (nSPS) is 11.1. The summed E-state index contributed by atoms with van der Waals surface area (Å²) in [6, 6.07) is 16.6. The maximum absolute atomic E-state index is 13.2. The fourth-order valence-corrected chi connectivity index (χ4v) is 4.81. The van der Waals surface area contributed by atoms with Crippen LogP contribution in [0.15, 0.2) is 65.6 Å². The minimum atomic E-state index is -3.94. The maximum Gasteiger partial charge on any atom is 0.262 e. The standard InChI is InChI=1S/C26H29N3O4S/c1-5-15-27-26(31)21-10-6-7-11-23(21)28-25(30)20-14-13-18(3)24(16-20)34(32,33)29-22-12-8-9-17(2)19(22)4/h6-14,16,29H,5,15H2,1-4H3,(H,27,31)(H,28,30). The molecule has 3 N–H and O–H groups in total. The molecule has 178 valence electrons. The summed E-state index contributed by atoms with van der Waals surface area (Å²) in [5.74, 6) is -0.804. The summed E-state index contributed by atoms with van der Waals surface area (Å²) in [5.41, 5.74) is 3.63. The quantitative estimate of drug-likeness (QED) is 0.431. The van der Waals surface area contributed by atoms with Gasteiger partial charge < -0.3 is 10.6 Å². The highest BCUT2D eigenvalue weighted by Gasteiger charge is 2.21. The van der Waals surface area contributed by atoms with Gasteiger partial charge in [0.15, 0.2) is 0 Å². The molecule has 0 aliphatic rings. The number of benzene rings is 3. The van der Waals surface area contributed by atoms with Gasteiger partial charge in [0.1, 0.15) is 0 Å². The number of hydrogen-bond acceptors (Lipinski definition) is 4. The molecule has 0 radical (unpaired) electrons. The first-order chi connectivity index (χ1) is 16.1. The molecular weight excluding hydrogens is 450 g/mol. The Labute approximate surface area is 200 Å². The van der Waals surface area contributed by atoms with E-state index in [-0.39, 0.29) is 16.4 Å². The average Bonchev–Trinajstić information content (AvgIpc) is 2.80. The number of amides is 2. The van der Waals surface area contributed by atoms with Gasteiger partial charge in [-0.1, -0.05) is 37.3 Å². The number of carbonyl (C=O) groups excluding carboxylic acids is 2. The van der Waals surface area contributed by atoms with Crippen molar-refractivity contribution in [3.8, 4) is 0 Å². The second-order valence-corrected chi connectivity index (χ2v) is 9.74. The molecule has 8 heteroatoms. The molecule has 0 spiro atoms. The van der Waals surface area contributed by atoms with E-state index in [1.165, 1.54) is 6.07 Å². The smallest absolute Gasteiger partial charge is 0.262 e. The third-order valence-electron chi connectivity index (χ3n) is 5.54. The van der Waals surface area contributed by atoms with E-state index < -0.39 is 15.9 Å². The highest BCUT2D eigenvalue weighted by Crippen LogP contribution is 2.25. The predicted octanol–water partition coefficient (Wildman–Crippen LogP) is 4.80. The van der Waals surface area contributed by atoms with Crippen molar-refractivity contribution >= 4 is 33.2 Å². The summed E-state index contributed by atoms with van der Waals surface area (Å²) in [4.78, 5) is 25.4. The highest BCUT2D eigenvalue weighted by atomic mass is 32.2. The van der Waals surface area contributed by atoms with Gasteiger partial charge in [-0.25, -0.2) is 8.42 Å². The largest absolute Gasteiger partial charge is 0.352 e. The van der Waals surface area contributed by atoms with Gasteiger partial charge in [0.25, 0.3) is 21.8 Å². The first-order valence-electron chi connectivity index (χ1n) is 11.0. The summed E-state index contributed by atoms with van der Waals surface area (Å²) in [5, 5.41) is 5.53. The lowest BCUT2D eigenvalue weighted by Crippen LogP contribution is -2.26. The van der Waals surface area contributed by atoms with E-state index in [2.05, 4.69) is 15.4 Å². The molecule has 0 aliphatic carbocycles. The molecule has 7 nitrogen and oxygen atoms in total. The van der Waals surface area contributed by atoms with Crippen LogP contribution in [0.2, 0.25) is 0 Å². The lowest BCUT2D eigenvalue weighted by molar-refractivity contribution is 0.0954. The van der Waals surface area contributed by atoms with Crippen LogP contribution >= 0.6 is 0 Å². The topological polar surface area (TPSA) is 104 Å². The molecule has 0 saturated carbocycles. The van der Waals surface area contributed by atoms with Crippen molar-refractivity contribution in [2.45, 2.75) is 39.0 Å². The molecule has 0 aromatic heterocycles. The number of anilines is 2. The van der Waals surface area contributed by atoms with Crippen molar-refractivity contribution in [3.05, 3.63) is 88.5 Å². The van der Waals surface area contributed by atoms with E-state index >= 15 is 0 Å². The maximum atomic E-state index is 13.2. The molecule has 0 saturated heterocycles. The molecule has 0 unspecified atom stereocenters. The predicted molar refractivity (Wildman–Crippen MR) is 135 cm³/mol. The molecule has 0 aliphatic heterocycles. The lowest BCUT2D eigenvalue weighted by atomic mass is 10.1. The van der Waals surface area contributed by atoms with Crippen LogP contribution in [-0.2, 0) is 10.0 Å². The Kier molecular flexibility index (Phi) is 7.73. The van der Waals surface area contributed by atoms with Crippen LogP contribution in [0.3, 0.4) is 0 Å². The third-order valence-corrected chi connectivity index (χ3v) is 7.05. The average molecular weight is 480 g/mol. The number of hydrogen-bond donors (Lipinski definition) is 3. The van der Waals surface area contributed by atoms with E-state index in [1.807, 2.05) is 26.8 Å². The van der Waals surface area contributed by atoms with Crippen molar-refractivity contribution < 1.29 is 18.0 Å². The SMILES string of the molecule is CCCNC(=O)c1ccccc1NC(=O)c1ccc(C)c(S(=O)(=O)Nc2cccc(C)c2C)c1. The van der Waals surface area contributed by atoms with Crippen molar-refractivity contribution in [2.24, 2.45) is 0 Å².